The van der Waals surface area contributed by atoms with Gasteiger partial charge >= 0.3 is 12.1 Å². The average Bonchev–Trinajstić information content (AvgIpc) is 2.78. The smallest absolute Gasteiger partial charge is 0.369 e. The van der Waals surface area contributed by atoms with Gasteiger partial charge in [-0.3, -0.25) is 14.5 Å². The van der Waals surface area contributed by atoms with Gasteiger partial charge in [0.2, 0.25) is 5.91 Å². The van der Waals surface area contributed by atoms with Crippen molar-refractivity contribution in [2.45, 2.75) is 44.7 Å². The fraction of sp³-hybridized carbons (Fsp3) is 0.652. The molecule has 1 aliphatic rings. The number of halogens is 6. The zero-order chi connectivity index (χ0) is 26.3. The molecule has 1 saturated heterocycles. The zero-order valence-corrected chi connectivity index (χ0v) is 20.2. The van der Waals surface area contributed by atoms with E-state index in [1.165, 1.54) is 6.42 Å². The predicted molar refractivity (Wildman–Crippen MR) is 119 cm³/mol. The molecule has 1 aliphatic heterocycles. The molecule has 1 fully saturated rings. The number of hydrogen-bond acceptors (Lipinski definition) is 4. The van der Waals surface area contributed by atoms with Crippen LogP contribution in [0.5, 0.6) is 0 Å². The van der Waals surface area contributed by atoms with Crippen LogP contribution in [-0.2, 0) is 10.2 Å². The van der Waals surface area contributed by atoms with Crippen molar-refractivity contribution in [3.8, 4) is 0 Å². The van der Waals surface area contributed by atoms with E-state index in [2.05, 4.69) is 16.7 Å². The molecule has 1 aromatic carbocycles. The van der Waals surface area contributed by atoms with Crippen molar-refractivity contribution in [3.05, 3.63) is 29.3 Å². The van der Waals surface area contributed by atoms with Crippen molar-refractivity contribution in [2.75, 3.05) is 58.4 Å². The Bertz CT molecular complexity index is 819. The largest absolute Gasteiger partial charge is 0.456 e. The molecular formula is C23H33F6N3O2. The molecule has 1 heterocycles. The van der Waals surface area contributed by atoms with Gasteiger partial charge in [0.15, 0.2) is 6.67 Å². The van der Waals surface area contributed by atoms with Crippen molar-refractivity contribution in [1.29, 1.82) is 0 Å². The molecule has 0 bridgehead atoms. The molecule has 1 amide bonds. The Kier molecular flexibility index (Phi) is 10.4. The van der Waals surface area contributed by atoms with E-state index >= 15 is 0 Å². The van der Waals surface area contributed by atoms with Gasteiger partial charge in [0, 0.05) is 51.5 Å². The highest BCUT2D eigenvalue weighted by atomic mass is 19.4. The van der Waals surface area contributed by atoms with Crippen molar-refractivity contribution < 1.29 is 35.9 Å². The summed E-state index contributed by atoms with van der Waals surface area (Å²) in [5.41, 5.74) is 1.75. The standard InChI is InChI=1S/C20H31N3O2.C3H2F6/c1-6-9-22-10-12-23(13-11-22)17-8-7-16(15-24)18(14-17)20(2,3)19(25)21(4)5;4-1-2(5,6)3(7,8)9/h7-8,14-15H,6,9-13H2,1-5H3;1H2. The van der Waals surface area contributed by atoms with Crippen LogP contribution in [0.4, 0.5) is 32.0 Å². The third-order valence-electron chi connectivity index (χ3n) is 5.64. The summed E-state index contributed by atoms with van der Waals surface area (Å²) < 4.78 is 65.6. The molecule has 34 heavy (non-hydrogen) atoms. The average molecular weight is 498 g/mol. The minimum absolute atomic E-state index is 0.000477. The number of alkyl halides is 6. The number of benzene rings is 1. The second kappa shape index (κ2) is 11.9. The number of amides is 1. The maximum atomic E-state index is 12.6. The van der Waals surface area contributed by atoms with E-state index in [9.17, 15) is 35.9 Å². The molecule has 2 rings (SSSR count). The lowest BCUT2D eigenvalue weighted by molar-refractivity contribution is -0.286. The molecule has 0 N–H and O–H groups in total. The van der Waals surface area contributed by atoms with Crippen LogP contribution in [0.25, 0.3) is 0 Å². The van der Waals surface area contributed by atoms with E-state index in [1.807, 2.05) is 32.0 Å². The summed E-state index contributed by atoms with van der Waals surface area (Å²) in [4.78, 5) is 30.6. The first-order valence-electron chi connectivity index (χ1n) is 10.9. The lowest BCUT2D eigenvalue weighted by Crippen LogP contribution is -2.46. The SMILES string of the molecule is CCCN1CCN(c2ccc(C=O)c(C(C)(C)C(=O)N(C)C)c2)CC1.FCC(F)(F)C(F)(F)F. The minimum atomic E-state index is -5.76. The maximum absolute atomic E-state index is 12.6. The first-order valence-corrected chi connectivity index (χ1v) is 10.9. The normalized spacial score (nSPS) is 15.4. The van der Waals surface area contributed by atoms with E-state index in [4.69, 9.17) is 0 Å². The van der Waals surface area contributed by atoms with Gasteiger partial charge in [0.1, 0.15) is 6.29 Å². The Morgan fingerprint density at radius 1 is 1.06 bits per heavy atom. The highest BCUT2D eigenvalue weighted by Gasteiger charge is 2.57. The number of piperazine rings is 1. The van der Waals surface area contributed by atoms with Crippen LogP contribution in [-0.4, -0.2) is 87.6 Å². The van der Waals surface area contributed by atoms with Crippen LogP contribution in [0.2, 0.25) is 0 Å². The summed E-state index contributed by atoms with van der Waals surface area (Å²) in [5, 5.41) is 0. The van der Waals surface area contributed by atoms with Crippen molar-refractivity contribution >= 4 is 17.9 Å². The fourth-order valence-electron chi connectivity index (χ4n) is 3.68. The van der Waals surface area contributed by atoms with E-state index in [0.29, 0.717) is 5.56 Å². The summed E-state index contributed by atoms with van der Waals surface area (Å²) in [6.45, 7) is 8.49. The molecule has 0 aromatic heterocycles. The zero-order valence-electron chi connectivity index (χ0n) is 20.2. The molecule has 0 atom stereocenters. The van der Waals surface area contributed by atoms with Crippen molar-refractivity contribution in [3.63, 3.8) is 0 Å². The van der Waals surface area contributed by atoms with Crippen LogP contribution in [0.1, 0.15) is 43.1 Å². The maximum Gasteiger partial charge on any atom is 0.456 e. The Morgan fingerprint density at radius 3 is 2.00 bits per heavy atom. The Labute approximate surface area is 196 Å². The lowest BCUT2D eigenvalue weighted by atomic mass is 9.80. The molecule has 0 spiro atoms. The topological polar surface area (TPSA) is 43.9 Å². The van der Waals surface area contributed by atoms with Gasteiger partial charge < -0.3 is 9.80 Å². The molecule has 1 aromatic rings. The second-order valence-electron chi connectivity index (χ2n) is 8.88. The Hall–Kier alpha value is -2.30. The van der Waals surface area contributed by atoms with Crippen LogP contribution in [0.3, 0.4) is 0 Å². The second-order valence-corrected chi connectivity index (χ2v) is 8.88. The lowest BCUT2D eigenvalue weighted by Gasteiger charge is -2.37. The molecule has 11 heteroatoms. The van der Waals surface area contributed by atoms with Gasteiger partial charge in [0.05, 0.1) is 5.41 Å². The van der Waals surface area contributed by atoms with Gasteiger partial charge in [-0.05, 0) is 50.6 Å². The third kappa shape index (κ3) is 7.35. The summed E-state index contributed by atoms with van der Waals surface area (Å²) in [7, 11) is 3.50. The summed E-state index contributed by atoms with van der Waals surface area (Å²) >= 11 is 0. The van der Waals surface area contributed by atoms with E-state index < -0.39 is 24.2 Å². The summed E-state index contributed by atoms with van der Waals surface area (Å²) in [5.74, 6) is -5.19. The molecule has 0 radical (unpaired) electrons. The first kappa shape index (κ1) is 29.7. The number of nitrogens with zero attached hydrogens (tertiary/aromatic N) is 3. The predicted octanol–water partition coefficient (Wildman–Crippen LogP) is 4.55. The van der Waals surface area contributed by atoms with Crippen LogP contribution in [0.15, 0.2) is 18.2 Å². The molecule has 5 nitrogen and oxygen atoms in total. The number of anilines is 1. The fourth-order valence-corrected chi connectivity index (χ4v) is 3.68. The molecular weight excluding hydrogens is 464 g/mol. The number of aldehydes is 1. The van der Waals surface area contributed by atoms with Crippen molar-refractivity contribution in [1.82, 2.24) is 9.80 Å². The quantitative estimate of drug-likeness (QED) is 0.410. The van der Waals surface area contributed by atoms with Crippen LogP contribution in [0, 0.1) is 0 Å². The number of hydrogen-bond donors (Lipinski definition) is 0. The number of likely N-dealkylation sites (N-methyl/N-ethyl adjacent to an activating group) is 1. The molecule has 194 valence electrons. The van der Waals surface area contributed by atoms with Gasteiger partial charge in [-0.15, -0.1) is 0 Å². The van der Waals surface area contributed by atoms with Crippen LogP contribution < -0.4 is 4.90 Å². The number of rotatable bonds is 7. The Balaban J connectivity index is 0.000000546. The van der Waals surface area contributed by atoms with E-state index in [0.717, 1.165) is 50.3 Å². The molecule has 0 saturated carbocycles. The van der Waals surface area contributed by atoms with E-state index in [1.54, 1.807) is 19.0 Å². The first-order chi connectivity index (χ1) is 15.6. The third-order valence-corrected chi connectivity index (χ3v) is 5.64. The molecule has 0 unspecified atom stereocenters. The van der Waals surface area contributed by atoms with Crippen LogP contribution >= 0.6 is 0 Å². The van der Waals surface area contributed by atoms with Gasteiger partial charge in [0.25, 0.3) is 0 Å². The Morgan fingerprint density at radius 2 is 1.62 bits per heavy atom. The molecule has 0 aliphatic carbocycles. The van der Waals surface area contributed by atoms with Gasteiger partial charge in [-0.25, -0.2) is 4.39 Å². The monoisotopic (exact) mass is 497 g/mol. The van der Waals surface area contributed by atoms with Gasteiger partial charge in [-0.2, -0.15) is 22.0 Å². The summed E-state index contributed by atoms with van der Waals surface area (Å²) in [6, 6.07) is 5.88. The number of carbonyl (C=O) groups excluding carboxylic acids is 2. The minimum Gasteiger partial charge on any atom is -0.369 e. The number of carbonyl (C=O) groups is 2. The highest BCUT2D eigenvalue weighted by Crippen LogP contribution is 2.35. The highest BCUT2D eigenvalue weighted by molar-refractivity contribution is 5.91. The van der Waals surface area contributed by atoms with Crippen molar-refractivity contribution in [2.24, 2.45) is 0 Å². The van der Waals surface area contributed by atoms with Gasteiger partial charge in [-0.1, -0.05) is 6.92 Å². The van der Waals surface area contributed by atoms with E-state index in [-0.39, 0.29) is 5.91 Å². The summed E-state index contributed by atoms with van der Waals surface area (Å²) in [6.07, 6.45) is -3.73.